The van der Waals surface area contributed by atoms with Crippen LogP contribution in [0.25, 0.3) is 0 Å². The number of hydrogen-bond donors (Lipinski definition) is 6. The summed E-state index contributed by atoms with van der Waals surface area (Å²) in [7, 11) is 0. The lowest BCUT2D eigenvalue weighted by atomic mass is 9.99. The highest BCUT2D eigenvalue weighted by molar-refractivity contribution is 5.94. The fourth-order valence-electron chi connectivity index (χ4n) is 3.39. The van der Waals surface area contributed by atoms with Crippen LogP contribution in [-0.4, -0.2) is 58.1 Å². The van der Waals surface area contributed by atoms with Crippen LogP contribution in [0.2, 0.25) is 0 Å². The summed E-state index contributed by atoms with van der Waals surface area (Å²) in [4.78, 5) is 50.4. The van der Waals surface area contributed by atoms with E-state index in [9.17, 15) is 29.4 Å². The van der Waals surface area contributed by atoms with E-state index < -0.39 is 47.9 Å². The van der Waals surface area contributed by atoms with Gasteiger partial charge >= 0.3 is 5.97 Å². The standard InChI is InChI=1S/C25H40N4O6/c1-13(2)11-18(23(32)29-21(15(5)6)25(34)35)27-22(31)19(28-24(33)20(26)14(3)4)12-16-7-9-17(30)10-8-16/h7-10,13-15,18-21,30H,11-12,26H2,1-6H3,(H,27,31)(H,28,33)(H,29,32)(H,34,35). The molecule has 7 N–H and O–H groups in total. The van der Waals surface area contributed by atoms with Gasteiger partial charge in [0.2, 0.25) is 17.7 Å². The fourth-order valence-corrected chi connectivity index (χ4v) is 3.39. The van der Waals surface area contributed by atoms with Crippen LogP contribution in [0.5, 0.6) is 5.75 Å². The molecule has 10 heteroatoms. The first kappa shape index (κ1) is 29.9. The second-order valence-electron chi connectivity index (χ2n) is 9.96. The Morgan fingerprint density at radius 3 is 1.77 bits per heavy atom. The van der Waals surface area contributed by atoms with E-state index in [2.05, 4.69) is 16.0 Å². The SMILES string of the molecule is CC(C)CC(NC(=O)C(Cc1ccc(O)cc1)NC(=O)C(N)C(C)C)C(=O)NC(C(=O)O)C(C)C. The van der Waals surface area contributed by atoms with Crippen molar-refractivity contribution < 1.29 is 29.4 Å². The summed E-state index contributed by atoms with van der Waals surface area (Å²) >= 11 is 0. The molecule has 1 aromatic rings. The number of nitrogens with one attached hydrogen (secondary N) is 3. The second kappa shape index (κ2) is 13.7. The molecule has 0 bridgehead atoms. The van der Waals surface area contributed by atoms with Crippen LogP contribution >= 0.6 is 0 Å². The van der Waals surface area contributed by atoms with E-state index in [1.165, 1.54) is 12.1 Å². The quantitative estimate of drug-likeness (QED) is 0.240. The molecule has 4 unspecified atom stereocenters. The molecule has 10 nitrogen and oxygen atoms in total. The summed E-state index contributed by atoms with van der Waals surface area (Å²) in [6.45, 7) is 10.7. The molecule has 0 saturated heterocycles. The van der Waals surface area contributed by atoms with Crippen LogP contribution in [0, 0.1) is 17.8 Å². The highest BCUT2D eigenvalue weighted by Crippen LogP contribution is 2.13. The lowest BCUT2D eigenvalue weighted by molar-refractivity contribution is -0.143. The smallest absolute Gasteiger partial charge is 0.326 e. The summed E-state index contributed by atoms with van der Waals surface area (Å²) < 4.78 is 0. The maximum Gasteiger partial charge on any atom is 0.326 e. The van der Waals surface area contributed by atoms with Crippen molar-refractivity contribution in [3.63, 3.8) is 0 Å². The number of carboxylic acid groups (broad SMARTS) is 1. The second-order valence-corrected chi connectivity index (χ2v) is 9.96. The Kier molecular flexibility index (Phi) is 11.7. The maximum absolute atomic E-state index is 13.3. The monoisotopic (exact) mass is 492 g/mol. The van der Waals surface area contributed by atoms with Gasteiger partial charge in [-0.15, -0.1) is 0 Å². The van der Waals surface area contributed by atoms with Gasteiger partial charge in [0.15, 0.2) is 0 Å². The average Bonchev–Trinajstić information content (AvgIpc) is 2.76. The first-order chi connectivity index (χ1) is 16.2. The highest BCUT2D eigenvalue weighted by Gasteiger charge is 2.32. The van der Waals surface area contributed by atoms with E-state index in [1.54, 1.807) is 39.8 Å². The minimum absolute atomic E-state index is 0.0212. The zero-order valence-electron chi connectivity index (χ0n) is 21.4. The van der Waals surface area contributed by atoms with E-state index in [0.717, 1.165) is 0 Å². The third-order valence-electron chi connectivity index (χ3n) is 5.60. The molecular weight excluding hydrogens is 452 g/mol. The number of aliphatic carboxylic acids is 1. The molecule has 35 heavy (non-hydrogen) atoms. The van der Waals surface area contributed by atoms with Crippen LogP contribution in [0.1, 0.15) is 53.5 Å². The number of carbonyl (C=O) groups excluding carboxylic acids is 3. The Balaban J connectivity index is 3.15. The fraction of sp³-hybridized carbons (Fsp3) is 0.600. The zero-order chi connectivity index (χ0) is 26.9. The summed E-state index contributed by atoms with van der Waals surface area (Å²) in [5.74, 6) is -3.30. The minimum atomic E-state index is -1.16. The van der Waals surface area contributed by atoms with Gasteiger partial charge in [-0.25, -0.2) is 4.79 Å². The van der Waals surface area contributed by atoms with Crippen LogP contribution in [-0.2, 0) is 25.6 Å². The summed E-state index contributed by atoms with van der Waals surface area (Å²) in [5, 5.41) is 26.8. The van der Waals surface area contributed by atoms with Gasteiger partial charge in [-0.3, -0.25) is 14.4 Å². The molecule has 0 fully saturated rings. The number of phenolic OH excluding ortho intramolecular Hbond substituents is 1. The van der Waals surface area contributed by atoms with Crippen molar-refractivity contribution in [3.05, 3.63) is 29.8 Å². The number of phenols is 1. The summed E-state index contributed by atoms with van der Waals surface area (Å²) in [6.07, 6.45) is 0.371. The molecule has 0 spiro atoms. The van der Waals surface area contributed by atoms with Gasteiger partial charge < -0.3 is 31.9 Å². The molecular formula is C25H40N4O6. The molecule has 0 radical (unpaired) electrons. The van der Waals surface area contributed by atoms with Gasteiger partial charge in [0.05, 0.1) is 6.04 Å². The lowest BCUT2D eigenvalue weighted by Gasteiger charge is -2.27. The Bertz CT molecular complexity index is 869. The zero-order valence-corrected chi connectivity index (χ0v) is 21.4. The number of benzene rings is 1. The molecule has 0 heterocycles. The van der Waals surface area contributed by atoms with E-state index in [1.807, 2.05) is 13.8 Å². The van der Waals surface area contributed by atoms with Crippen molar-refractivity contribution in [3.8, 4) is 5.75 Å². The number of hydrogen-bond acceptors (Lipinski definition) is 6. The van der Waals surface area contributed by atoms with Gasteiger partial charge in [-0.2, -0.15) is 0 Å². The first-order valence-electron chi connectivity index (χ1n) is 11.9. The van der Waals surface area contributed by atoms with Crippen molar-refractivity contribution in [2.75, 3.05) is 0 Å². The van der Waals surface area contributed by atoms with Gasteiger partial charge in [0.1, 0.15) is 23.9 Å². The Hall–Kier alpha value is -3.14. The normalized spacial score (nSPS) is 14.8. The van der Waals surface area contributed by atoms with E-state index in [0.29, 0.717) is 5.56 Å². The van der Waals surface area contributed by atoms with Crippen LogP contribution < -0.4 is 21.7 Å². The molecule has 4 atom stereocenters. The minimum Gasteiger partial charge on any atom is -0.508 e. The largest absolute Gasteiger partial charge is 0.508 e. The predicted molar refractivity (Wildman–Crippen MR) is 132 cm³/mol. The molecule has 0 aliphatic carbocycles. The van der Waals surface area contributed by atoms with Gasteiger partial charge in [0, 0.05) is 6.42 Å². The van der Waals surface area contributed by atoms with Gasteiger partial charge in [0.25, 0.3) is 0 Å². The van der Waals surface area contributed by atoms with E-state index in [-0.39, 0.29) is 36.3 Å². The third kappa shape index (κ3) is 9.94. The Labute approximate surface area is 207 Å². The third-order valence-corrected chi connectivity index (χ3v) is 5.60. The maximum atomic E-state index is 13.3. The molecule has 0 saturated carbocycles. The van der Waals surface area contributed by atoms with Crippen molar-refractivity contribution in [1.82, 2.24) is 16.0 Å². The summed E-state index contributed by atoms with van der Waals surface area (Å²) in [5.41, 5.74) is 6.63. The lowest BCUT2D eigenvalue weighted by Crippen LogP contribution is -2.58. The number of aromatic hydroxyl groups is 1. The molecule has 0 aromatic heterocycles. The molecule has 3 amide bonds. The molecule has 0 aliphatic heterocycles. The van der Waals surface area contributed by atoms with E-state index in [4.69, 9.17) is 5.73 Å². The first-order valence-corrected chi connectivity index (χ1v) is 11.9. The van der Waals surface area contributed by atoms with Crippen LogP contribution in [0.4, 0.5) is 0 Å². The summed E-state index contributed by atoms with van der Waals surface area (Å²) in [6, 6.07) is 2.22. The van der Waals surface area contributed by atoms with Crippen LogP contribution in [0.15, 0.2) is 24.3 Å². The predicted octanol–water partition coefficient (Wildman–Crippen LogP) is 1.16. The topological polar surface area (TPSA) is 171 Å². The van der Waals surface area contributed by atoms with E-state index >= 15 is 0 Å². The molecule has 0 aliphatic rings. The van der Waals surface area contributed by atoms with Gasteiger partial charge in [-0.1, -0.05) is 53.7 Å². The van der Waals surface area contributed by atoms with Crippen molar-refractivity contribution >= 4 is 23.7 Å². The molecule has 1 rings (SSSR count). The number of carboxylic acids is 1. The van der Waals surface area contributed by atoms with Crippen molar-refractivity contribution in [1.29, 1.82) is 0 Å². The number of nitrogens with two attached hydrogens (primary N) is 1. The van der Waals surface area contributed by atoms with Gasteiger partial charge in [-0.05, 0) is 41.9 Å². The highest BCUT2D eigenvalue weighted by atomic mass is 16.4. The Morgan fingerprint density at radius 2 is 1.31 bits per heavy atom. The van der Waals surface area contributed by atoms with Crippen LogP contribution in [0.3, 0.4) is 0 Å². The Morgan fingerprint density at radius 1 is 0.800 bits per heavy atom. The number of carbonyl (C=O) groups is 4. The van der Waals surface area contributed by atoms with Crippen molar-refractivity contribution in [2.45, 2.75) is 78.6 Å². The average molecular weight is 493 g/mol. The molecule has 1 aromatic carbocycles. The molecule has 196 valence electrons. The number of amides is 3. The number of rotatable bonds is 13. The van der Waals surface area contributed by atoms with Crippen molar-refractivity contribution in [2.24, 2.45) is 23.5 Å².